The molecule has 10 heteroatoms. The van der Waals surface area contributed by atoms with Gasteiger partial charge in [0.05, 0.1) is 14.2 Å². The number of rotatable bonds is 9. The quantitative estimate of drug-likeness (QED) is 0.209. The van der Waals surface area contributed by atoms with E-state index in [0.717, 1.165) is 10.5 Å². The van der Waals surface area contributed by atoms with Crippen LogP contribution in [0.1, 0.15) is 26.3 Å². The molecule has 0 bridgehead atoms. The number of halogens is 1. The number of carbonyl (C=O) groups excluding carboxylic acids is 3. The molecule has 8 nitrogen and oxygen atoms in total. The lowest BCUT2D eigenvalue weighted by molar-refractivity contribution is -0.157. The summed E-state index contributed by atoms with van der Waals surface area (Å²) in [5.74, 6) is -0.510. The average molecular weight is 530 g/mol. The average Bonchev–Trinajstić information content (AvgIpc) is 2.94. The van der Waals surface area contributed by atoms with Gasteiger partial charge in [-0.2, -0.15) is 0 Å². The van der Waals surface area contributed by atoms with E-state index in [-0.39, 0.29) is 16.9 Å². The molecule has 1 saturated heterocycles. The van der Waals surface area contributed by atoms with Gasteiger partial charge in [-0.1, -0.05) is 42.8 Å². The fraction of sp³-hybridized carbons (Fsp3) is 0.591. The Labute approximate surface area is 198 Å². The molecule has 32 heavy (non-hydrogen) atoms. The Balaban J connectivity index is 2.25. The number of ether oxygens (including phenoxy) is 3. The Morgan fingerprint density at radius 1 is 1.06 bits per heavy atom. The van der Waals surface area contributed by atoms with Gasteiger partial charge in [0.15, 0.2) is 25.9 Å². The van der Waals surface area contributed by atoms with Crippen molar-refractivity contribution >= 4 is 42.0 Å². The molecule has 2 amide bonds. The molecular weight excluding hydrogens is 498 g/mol. The largest absolute Gasteiger partial charge is 0.493 e. The van der Waals surface area contributed by atoms with Crippen molar-refractivity contribution < 1.29 is 33.0 Å². The molecule has 1 aliphatic heterocycles. The Morgan fingerprint density at radius 2 is 1.66 bits per heavy atom. The van der Waals surface area contributed by atoms with E-state index in [1.165, 1.54) is 0 Å². The van der Waals surface area contributed by atoms with E-state index >= 15 is 0 Å². The van der Waals surface area contributed by atoms with Crippen molar-refractivity contribution in [2.24, 2.45) is 0 Å². The Hall–Kier alpha value is -1.91. The molecule has 2 rings (SSSR count). The second-order valence-electron chi connectivity index (χ2n) is 9.11. The molecule has 0 spiro atoms. The van der Waals surface area contributed by atoms with Gasteiger partial charge in [0.25, 0.3) is 11.8 Å². The van der Waals surface area contributed by atoms with Crippen molar-refractivity contribution in [3.63, 3.8) is 0 Å². The third-order valence-electron chi connectivity index (χ3n) is 5.96. The first kappa shape index (κ1) is 26.3. The van der Waals surface area contributed by atoms with Gasteiger partial charge >= 0.3 is 5.97 Å². The molecule has 1 fully saturated rings. The number of nitrogens with zero attached hydrogens (tertiary/aromatic N) is 1. The summed E-state index contributed by atoms with van der Waals surface area (Å²) in [6.07, 6.45) is -2.02. The highest BCUT2D eigenvalue weighted by atomic mass is 79.9. The molecule has 178 valence electrons. The smallest absolute Gasteiger partial charge is 0.317 e. The van der Waals surface area contributed by atoms with E-state index in [0.29, 0.717) is 17.9 Å². The summed E-state index contributed by atoms with van der Waals surface area (Å²) in [5, 5.41) is -0.267. The van der Waals surface area contributed by atoms with Gasteiger partial charge in [0.2, 0.25) is 6.10 Å². The van der Waals surface area contributed by atoms with Gasteiger partial charge in [0.1, 0.15) is 5.33 Å². The highest BCUT2D eigenvalue weighted by Crippen LogP contribution is 2.39. The van der Waals surface area contributed by atoms with Crippen LogP contribution in [0.15, 0.2) is 18.2 Å². The first-order valence-electron chi connectivity index (χ1n) is 10.4. The van der Waals surface area contributed by atoms with Crippen LogP contribution in [0.5, 0.6) is 11.5 Å². The summed E-state index contributed by atoms with van der Waals surface area (Å²) >= 11 is 3.03. The molecule has 1 heterocycles. The molecule has 0 unspecified atom stereocenters. The molecule has 1 aliphatic rings. The van der Waals surface area contributed by atoms with Crippen molar-refractivity contribution in [2.45, 2.75) is 57.5 Å². The standard InChI is InChI=1S/C22H32BrNO7Si/c1-22(2,3)32(6,7)31-19-18(30-17(25)13-23)20(26)24(21(19)27)11-10-14-8-9-15(28-4)16(12-14)29-5/h8-9,12,18-19H,10-11,13H2,1-7H3/t18-,19-/m1/s1. The van der Waals surface area contributed by atoms with Crippen LogP contribution in [0, 0.1) is 0 Å². The summed E-state index contributed by atoms with van der Waals surface area (Å²) in [6.45, 7) is 10.2. The number of alkyl halides is 1. The van der Waals surface area contributed by atoms with Crippen molar-refractivity contribution in [2.75, 3.05) is 26.1 Å². The molecule has 0 aliphatic carbocycles. The summed E-state index contributed by atoms with van der Waals surface area (Å²) < 4.78 is 22.1. The molecule has 0 aromatic heterocycles. The zero-order chi connectivity index (χ0) is 24.3. The predicted molar refractivity (Wildman–Crippen MR) is 126 cm³/mol. The number of carbonyl (C=O) groups is 3. The summed E-state index contributed by atoms with van der Waals surface area (Å²) in [7, 11) is 0.677. The topological polar surface area (TPSA) is 91.4 Å². The third kappa shape index (κ3) is 5.71. The lowest BCUT2D eigenvalue weighted by atomic mass is 10.1. The minimum atomic E-state index is -2.42. The Bertz CT molecular complexity index is 868. The number of imide groups is 1. The molecule has 0 N–H and O–H groups in total. The maximum absolute atomic E-state index is 13.2. The van der Waals surface area contributed by atoms with Crippen LogP contribution >= 0.6 is 15.9 Å². The third-order valence-corrected chi connectivity index (χ3v) is 10.9. The zero-order valence-electron chi connectivity index (χ0n) is 19.7. The van der Waals surface area contributed by atoms with Crippen LogP contribution in [0.25, 0.3) is 0 Å². The van der Waals surface area contributed by atoms with Crippen molar-refractivity contribution in [3.05, 3.63) is 23.8 Å². The number of benzene rings is 1. The number of hydrogen-bond donors (Lipinski definition) is 0. The Morgan fingerprint density at radius 3 is 2.19 bits per heavy atom. The number of esters is 1. The highest BCUT2D eigenvalue weighted by molar-refractivity contribution is 9.09. The van der Waals surface area contributed by atoms with Crippen LogP contribution in [-0.4, -0.2) is 69.3 Å². The SMILES string of the molecule is COc1ccc(CCN2C(=O)[C@H](OC(=O)CBr)[C@@H](O[Si](C)(C)C(C)(C)C)C2=O)cc1OC. The zero-order valence-corrected chi connectivity index (χ0v) is 22.3. The van der Waals surface area contributed by atoms with Gasteiger partial charge in [0, 0.05) is 6.54 Å². The lowest BCUT2D eigenvalue weighted by Crippen LogP contribution is -2.49. The maximum Gasteiger partial charge on any atom is 0.317 e. The lowest BCUT2D eigenvalue weighted by Gasteiger charge is -2.38. The fourth-order valence-corrected chi connectivity index (χ4v) is 4.41. The van der Waals surface area contributed by atoms with Gasteiger partial charge in [-0.25, -0.2) is 0 Å². The van der Waals surface area contributed by atoms with E-state index in [1.54, 1.807) is 26.4 Å². The van der Waals surface area contributed by atoms with Crippen LogP contribution in [-0.2, 0) is 30.0 Å². The molecule has 0 radical (unpaired) electrons. The summed E-state index contributed by atoms with van der Waals surface area (Å²) in [4.78, 5) is 39.3. The minimum Gasteiger partial charge on any atom is -0.493 e. The van der Waals surface area contributed by atoms with E-state index in [1.807, 2.05) is 39.9 Å². The normalized spacial score (nSPS) is 19.3. The minimum absolute atomic E-state index is 0.0799. The predicted octanol–water partition coefficient (Wildman–Crippen LogP) is 3.31. The number of amides is 2. The van der Waals surface area contributed by atoms with Crippen LogP contribution in [0.4, 0.5) is 0 Å². The van der Waals surface area contributed by atoms with Crippen molar-refractivity contribution in [1.82, 2.24) is 4.90 Å². The maximum atomic E-state index is 13.2. The summed E-state index contributed by atoms with van der Waals surface area (Å²) in [6, 6.07) is 5.42. The van der Waals surface area contributed by atoms with Crippen molar-refractivity contribution in [3.8, 4) is 11.5 Å². The van der Waals surface area contributed by atoms with Crippen LogP contribution < -0.4 is 9.47 Å². The van der Waals surface area contributed by atoms with E-state index in [4.69, 9.17) is 18.6 Å². The second-order valence-corrected chi connectivity index (χ2v) is 14.4. The van der Waals surface area contributed by atoms with Gasteiger partial charge in [-0.15, -0.1) is 0 Å². The second kappa shape index (κ2) is 10.3. The van der Waals surface area contributed by atoms with E-state index < -0.39 is 38.3 Å². The van der Waals surface area contributed by atoms with E-state index in [9.17, 15) is 14.4 Å². The number of methoxy groups -OCH3 is 2. The van der Waals surface area contributed by atoms with Crippen LogP contribution in [0.3, 0.4) is 0 Å². The van der Waals surface area contributed by atoms with Gasteiger partial charge in [-0.3, -0.25) is 19.3 Å². The summed E-state index contributed by atoms with van der Waals surface area (Å²) in [5.41, 5.74) is 0.867. The Kier molecular flexibility index (Phi) is 8.52. The molecule has 0 saturated carbocycles. The molecular formula is C22H32BrNO7Si. The van der Waals surface area contributed by atoms with Crippen LogP contribution in [0.2, 0.25) is 18.1 Å². The highest BCUT2D eigenvalue weighted by Gasteiger charge is 2.54. The first-order chi connectivity index (χ1) is 14.9. The molecule has 1 aromatic carbocycles. The number of likely N-dealkylation sites (tertiary alicyclic amines) is 1. The fourth-order valence-electron chi connectivity index (χ4n) is 3.06. The molecule has 1 aromatic rings. The molecule has 2 atom stereocenters. The number of hydrogen-bond acceptors (Lipinski definition) is 7. The van der Waals surface area contributed by atoms with E-state index in [2.05, 4.69) is 15.9 Å². The first-order valence-corrected chi connectivity index (χ1v) is 14.4. The van der Waals surface area contributed by atoms with Crippen molar-refractivity contribution in [1.29, 1.82) is 0 Å². The van der Waals surface area contributed by atoms with Gasteiger partial charge in [-0.05, 0) is 42.2 Å². The monoisotopic (exact) mass is 529 g/mol. The van der Waals surface area contributed by atoms with Gasteiger partial charge < -0.3 is 18.6 Å².